The maximum absolute atomic E-state index is 12.3. The topological polar surface area (TPSA) is 58.6 Å². The predicted molar refractivity (Wildman–Crippen MR) is 83.7 cm³/mol. The summed E-state index contributed by atoms with van der Waals surface area (Å²) in [6.45, 7) is 8.63. The van der Waals surface area contributed by atoms with Crippen molar-refractivity contribution in [3.05, 3.63) is 48.6 Å². The summed E-state index contributed by atoms with van der Waals surface area (Å²) < 4.78 is 5.55. The number of aliphatic hydroxyl groups is 1. The highest BCUT2D eigenvalue weighted by Gasteiger charge is 2.36. The lowest BCUT2D eigenvalue weighted by atomic mass is 9.96. The molecule has 1 aromatic carbocycles. The van der Waals surface area contributed by atoms with Crippen LogP contribution in [0.3, 0.4) is 0 Å². The predicted octanol–water partition coefficient (Wildman–Crippen LogP) is 2.98. The van der Waals surface area contributed by atoms with Gasteiger partial charge in [0.1, 0.15) is 12.1 Å². The van der Waals surface area contributed by atoms with E-state index in [2.05, 4.69) is 11.4 Å². The van der Waals surface area contributed by atoms with E-state index in [1.165, 1.54) is 13.8 Å². The average Bonchev–Trinajstić information content (AvgIpc) is 2.44. The Morgan fingerprint density at radius 1 is 1.43 bits per heavy atom. The molecular weight excluding hydrogens is 290 g/mol. The maximum Gasteiger partial charge on any atom is 0.328 e. The van der Waals surface area contributed by atoms with Gasteiger partial charge in [0.15, 0.2) is 0 Å². The number of halogens is 1. The smallest absolute Gasteiger partial charge is 0.328 e. The molecule has 0 unspecified atom stereocenters. The monoisotopic (exact) mass is 311 g/mol. The number of nitrogens with one attached hydrogen (secondary N) is 1. The van der Waals surface area contributed by atoms with E-state index in [4.69, 9.17) is 16.5 Å². The van der Waals surface area contributed by atoms with E-state index >= 15 is 0 Å². The van der Waals surface area contributed by atoms with Gasteiger partial charge in [0.25, 0.3) is 0 Å². The largest absolute Gasteiger partial charge is 0.456 e. The van der Waals surface area contributed by atoms with Crippen LogP contribution in [-0.4, -0.2) is 22.7 Å². The molecule has 3 atom stereocenters. The highest BCUT2D eigenvalue weighted by Crippen LogP contribution is 2.28. The van der Waals surface area contributed by atoms with Crippen LogP contribution in [0.25, 0.3) is 0 Å². The molecule has 1 aromatic rings. The van der Waals surface area contributed by atoms with E-state index < -0.39 is 23.7 Å². The molecule has 116 valence electrons. The molecule has 0 bridgehead atoms. The molecule has 0 heterocycles. The average molecular weight is 312 g/mol. The van der Waals surface area contributed by atoms with Crippen molar-refractivity contribution in [1.82, 2.24) is 4.84 Å². The Bertz CT molecular complexity index is 470. The third-order valence-corrected chi connectivity index (χ3v) is 3.49. The highest BCUT2D eigenvalue weighted by atomic mass is 35.5. The van der Waals surface area contributed by atoms with Crippen LogP contribution in [0.1, 0.15) is 32.4 Å². The molecule has 0 aliphatic heterocycles. The van der Waals surface area contributed by atoms with Gasteiger partial charge in [-0.05, 0) is 31.2 Å². The third kappa shape index (κ3) is 4.84. The van der Waals surface area contributed by atoms with E-state index in [-0.39, 0.29) is 5.92 Å². The molecule has 4 nitrogen and oxygen atoms in total. The summed E-state index contributed by atoms with van der Waals surface area (Å²) in [4.78, 5) is 14.5. The van der Waals surface area contributed by atoms with Crippen LogP contribution < -0.4 is 4.84 Å². The normalized spacial score (nSPS) is 15.9. The van der Waals surface area contributed by atoms with Crippen molar-refractivity contribution in [2.45, 2.75) is 38.5 Å². The molecule has 0 aliphatic rings. The number of ether oxygens (including phenoxy) is 1. The van der Waals surface area contributed by atoms with Gasteiger partial charge in [-0.15, -0.1) is 6.58 Å². The zero-order valence-corrected chi connectivity index (χ0v) is 13.3. The molecule has 2 N–H and O–H groups in total. The number of carbonyl (C=O) groups is 1. The quantitative estimate of drug-likeness (QED) is 0.462. The minimum atomic E-state index is -1.34. The maximum atomic E-state index is 12.3. The number of hydrogen-bond acceptors (Lipinski definition) is 4. The van der Waals surface area contributed by atoms with E-state index in [0.717, 1.165) is 5.56 Å². The summed E-state index contributed by atoms with van der Waals surface area (Å²) in [5, 5.41) is 9.96. The van der Waals surface area contributed by atoms with Crippen molar-refractivity contribution < 1.29 is 14.6 Å². The lowest BCUT2D eigenvalue weighted by Crippen LogP contribution is -2.50. The number of esters is 1. The van der Waals surface area contributed by atoms with Crippen molar-refractivity contribution in [1.29, 1.82) is 0 Å². The second-order valence-electron chi connectivity index (χ2n) is 5.56. The van der Waals surface area contributed by atoms with Gasteiger partial charge in [0.05, 0.1) is 5.60 Å². The summed E-state index contributed by atoms with van der Waals surface area (Å²) in [6, 6.07) is 8.37. The molecule has 5 heteroatoms. The van der Waals surface area contributed by atoms with Crippen LogP contribution >= 0.6 is 11.8 Å². The fourth-order valence-corrected chi connectivity index (χ4v) is 2.26. The van der Waals surface area contributed by atoms with Crippen LogP contribution in [0.2, 0.25) is 0 Å². The van der Waals surface area contributed by atoms with Crippen molar-refractivity contribution in [3.8, 4) is 0 Å². The van der Waals surface area contributed by atoms with Crippen LogP contribution in [0.5, 0.6) is 0 Å². The first-order valence-electron chi connectivity index (χ1n) is 6.77. The summed E-state index contributed by atoms with van der Waals surface area (Å²) >= 11 is 5.56. The van der Waals surface area contributed by atoms with E-state index in [1.54, 1.807) is 6.08 Å². The summed E-state index contributed by atoms with van der Waals surface area (Å²) in [7, 11) is 0. The van der Waals surface area contributed by atoms with Crippen LogP contribution in [0.15, 0.2) is 43.0 Å². The van der Waals surface area contributed by atoms with Crippen molar-refractivity contribution in [3.63, 3.8) is 0 Å². The first-order valence-corrected chi connectivity index (χ1v) is 7.15. The van der Waals surface area contributed by atoms with Gasteiger partial charge in [-0.25, -0.2) is 4.84 Å². The van der Waals surface area contributed by atoms with Gasteiger partial charge in [0, 0.05) is 5.92 Å². The zero-order chi connectivity index (χ0) is 16.0. The molecule has 0 saturated carbocycles. The van der Waals surface area contributed by atoms with Crippen molar-refractivity contribution in [2.24, 2.45) is 5.92 Å². The van der Waals surface area contributed by atoms with E-state index in [9.17, 15) is 9.90 Å². The van der Waals surface area contributed by atoms with Crippen LogP contribution in [0, 0.1) is 5.92 Å². The molecule has 21 heavy (non-hydrogen) atoms. The lowest BCUT2D eigenvalue weighted by Gasteiger charge is -2.29. The second-order valence-corrected chi connectivity index (χ2v) is 5.78. The molecule has 0 aliphatic carbocycles. The van der Waals surface area contributed by atoms with Crippen molar-refractivity contribution >= 4 is 17.7 Å². The Kier molecular flexibility index (Phi) is 6.40. The molecule has 0 aromatic heterocycles. The zero-order valence-electron chi connectivity index (χ0n) is 12.5. The van der Waals surface area contributed by atoms with Crippen molar-refractivity contribution in [2.75, 3.05) is 0 Å². The molecule has 0 amide bonds. The Morgan fingerprint density at radius 3 is 2.43 bits per heavy atom. The SMILES string of the molecule is C=C[C@@H](C)[C@H](OC(=O)[C@@H](NCl)C(C)(C)O)c1ccccc1. The summed E-state index contributed by atoms with van der Waals surface area (Å²) in [5.41, 5.74) is -0.473. The number of rotatable bonds is 7. The number of hydrogen-bond donors (Lipinski definition) is 2. The minimum Gasteiger partial charge on any atom is -0.456 e. The highest BCUT2D eigenvalue weighted by molar-refractivity contribution is 6.15. The molecule has 0 spiro atoms. The van der Waals surface area contributed by atoms with Crippen LogP contribution in [0.4, 0.5) is 0 Å². The van der Waals surface area contributed by atoms with Gasteiger partial charge >= 0.3 is 5.97 Å². The molecule has 1 rings (SSSR count). The summed E-state index contributed by atoms with van der Waals surface area (Å²) in [5.74, 6) is -0.686. The van der Waals surface area contributed by atoms with Gasteiger partial charge in [0.2, 0.25) is 0 Å². The van der Waals surface area contributed by atoms with E-state index in [0.29, 0.717) is 0 Å². The molecular formula is C16H22ClNO3. The fraction of sp³-hybridized carbons (Fsp3) is 0.438. The third-order valence-electron chi connectivity index (χ3n) is 3.27. The van der Waals surface area contributed by atoms with Crippen LogP contribution in [-0.2, 0) is 9.53 Å². The second kappa shape index (κ2) is 7.59. The minimum absolute atomic E-state index is 0.0749. The first-order chi connectivity index (χ1) is 9.81. The Labute approximate surface area is 130 Å². The Balaban J connectivity index is 2.97. The van der Waals surface area contributed by atoms with Gasteiger partial charge in [-0.2, -0.15) is 0 Å². The molecule has 0 fully saturated rings. The lowest BCUT2D eigenvalue weighted by molar-refractivity contribution is -0.159. The summed E-state index contributed by atoms with van der Waals surface area (Å²) in [6.07, 6.45) is 1.24. The molecule has 0 saturated heterocycles. The number of carbonyl (C=O) groups excluding carboxylic acids is 1. The Morgan fingerprint density at radius 2 is 2.00 bits per heavy atom. The van der Waals surface area contributed by atoms with Gasteiger partial charge in [-0.3, -0.25) is 4.79 Å². The van der Waals surface area contributed by atoms with Gasteiger partial charge < -0.3 is 9.84 Å². The standard InChI is InChI=1S/C16H22ClNO3/c1-5-11(2)13(12-9-7-6-8-10-12)21-15(19)14(18-17)16(3,4)20/h5-11,13-14,18,20H,1H2,2-4H3/t11-,13+,14-/m1/s1. The molecule has 0 radical (unpaired) electrons. The number of benzene rings is 1. The van der Waals surface area contributed by atoms with E-state index in [1.807, 2.05) is 37.3 Å². The Hall–Kier alpha value is -1.36. The fourth-order valence-electron chi connectivity index (χ4n) is 1.90. The van der Waals surface area contributed by atoms with Gasteiger partial charge in [-0.1, -0.05) is 43.3 Å². The first kappa shape index (κ1) is 17.7.